The Bertz CT molecular complexity index is 291. The van der Waals surface area contributed by atoms with Crippen molar-refractivity contribution >= 4 is 0 Å². The summed E-state index contributed by atoms with van der Waals surface area (Å²) >= 11 is 0. The fourth-order valence-corrected chi connectivity index (χ4v) is 0.960. The molecule has 94 valence electrons. The van der Waals surface area contributed by atoms with Crippen molar-refractivity contribution < 1.29 is 26.3 Å². The third-order valence-electron chi connectivity index (χ3n) is 1.92. The van der Waals surface area contributed by atoms with Crippen LogP contribution in [0.5, 0.6) is 0 Å². The van der Waals surface area contributed by atoms with Crippen LogP contribution in [0.1, 0.15) is 20.8 Å². The molecule has 0 fully saturated rings. The molecule has 0 aliphatic carbocycles. The van der Waals surface area contributed by atoms with E-state index in [1.807, 2.05) is 0 Å². The molecule has 0 heterocycles. The maximum Gasteiger partial charge on any atom is 0.412 e. The van der Waals surface area contributed by atoms with E-state index in [9.17, 15) is 26.3 Å². The van der Waals surface area contributed by atoms with Crippen molar-refractivity contribution in [2.45, 2.75) is 33.1 Å². The lowest BCUT2D eigenvalue weighted by atomic mass is 10.1. The second kappa shape index (κ2) is 4.93. The van der Waals surface area contributed by atoms with E-state index < -0.39 is 23.8 Å². The number of hydrogen-bond acceptors (Lipinski definition) is 0. The number of alkyl halides is 6. The largest absolute Gasteiger partial charge is 0.412 e. The molecular formula is C10H12F6. The second-order valence-electron chi connectivity index (χ2n) is 3.57. The van der Waals surface area contributed by atoms with Gasteiger partial charge in [0.1, 0.15) is 0 Å². The Kier molecular flexibility index (Phi) is 4.64. The molecule has 1 atom stereocenters. The zero-order valence-electron chi connectivity index (χ0n) is 9.00. The lowest BCUT2D eigenvalue weighted by Crippen LogP contribution is -2.17. The van der Waals surface area contributed by atoms with Crippen molar-refractivity contribution in [3.05, 3.63) is 23.3 Å². The van der Waals surface area contributed by atoms with Crippen LogP contribution in [0.3, 0.4) is 0 Å². The van der Waals surface area contributed by atoms with Crippen LogP contribution < -0.4 is 0 Å². The monoisotopic (exact) mass is 246 g/mol. The first-order valence-electron chi connectivity index (χ1n) is 4.45. The van der Waals surface area contributed by atoms with Crippen molar-refractivity contribution in [3.63, 3.8) is 0 Å². The summed E-state index contributed by atoms with van der Waals surface area (Å²) in [6.07, 6.45) is -7.48. The fourth-order valence-electron chi connectivity index (χ4n) is 0.960. The first-order valence-corrected chi connectivity index (χ1v) is 4.45. The zero-order valence-corrected chi connectivity index (χ0v) is 9.00. The molecule has 0 bridgehead atoms. The summed E-state index contributed by atoms with van der Waals surface area (Å²) in [6.45, 7) is 2.91. The Hall–Kier alpha value is -0.940. The highest BCUT2D eigenvalue weighted by Crippen LogP contribution is 2.29. The lowest BCUT2D eigenvalue weighted by molar-refractivity contribution is -0.156. The summed E-state index contributed by atoms with van der Waals surface area (Å²) in [4.78, 5) is 0. The predicted octanol–water partition coefficient (Wildman–Crippen LogP) is 4.64. The normalized spacial score (nSPS) is 17.6. The van der Waals surface area contributed by atoms with Crippen LogP contribution in [-0.2, 0) is 0 Å². The standard InChI is InChI=1S/C10H12F6/c1-6(4-7(2)9(11,12)13)5-8(3)10(14,15)16/h4-5,7H,1-3H3/b6-4-,8-5+. The fraction of sp³-hybridized carbons (Fsp3) is 0.600. The van der Waals surface area contributed by atoms with Gasteiger partial charge in [0.25, 0.3) is 0 Å². The number of hydrogen-bond donors (Lipinski definition) is 0. The second-order valence-corrected chi connectivity index (χ2v) is 3.57. The van der Waals surface area contributed by atoms with Gasteiger partial charge in [0.05, 0.1) is 5.92 Å². The molecule has 16 heavy (non-hydrogen) atoms. The van der Waals surface area contributed by atoms with Gasteiger partial charge in [-0.05, 0) is 13.8 Å². The highest BCUT2D eigenvalue weighted by molar-refractivity contribution is 5.24. The summed E-state index contributed by atoms with van der Waals surface area (Å²) in [5.74, 6) is -1.76. The van der Waals surface area contributed by atoms with E-state index in [2.05, 4.69) is 0 Å². The van der Waals surface area contributed by atoms with Gasteiger partial charge in [-0.2, -0.15) is 26.3 Å². The molecule has 0 rings (SSSR count). The third kappa shape index (κ3) is 5.23. The molecule has 1 unspecified atom stereocenters. The summed E-state index contributed by atoms with van der Waals surface area (Å²) in [5, 5.41) is 0. The number of halogens is 6. The predicted molar refractivity (Wildman–Crippen MR) is 48.8 cm³/mol. The molecular weight excluding hydrogens is 234 g/mol. The Balaban J connectivity index is 4.84. The van der Waals surface area contributed by atoms with Crippen LogP contribution >= 0.6 is 0 Å². The van der Waals surface area contributed by atoms with Crippen LogP contribution in [0.4, 0.5) is 26.3 Å². The quantitative estimate of drug-likeness (QED) is 0.492. The number of rotatable bonds is 2. The van der Waals surface area contributed by atoms with Crippen LogP contribution in [0, 0.1) is 5.92 Å². The van der Waals surface area contributed by atoms with Gasteiger partial charge in [-0.1, -0.05) is 24.6 Å². The molecule has 0 N–H and O–H groups in total. The van der Waals surface area contributed by atoms with E-state index in [4.69, 9.17) is 0 Å². The molecule has 0 spiro atoms. The van der Waals surface area contributed by atoms with Crippen molar-refractivity contribution in [3.8, 4) is 0 Å². The van der Waals surface area contributed by atoms with Crippen molar-refractivity contribution in [2.75, 3.05) is 0 Å². The number of allylic oxidation sites excluding steroid dienone is 4. The van der Waals surface area contributed by atoms with Crippen LogP contribution in [-0.4, -0.2) is 12.4 Å². The molecule has 0 aliphatic rings. The van der Waals surface area contributed by atoms with Crippen molar-refractivity contribution in [1.82, 2.24) is 0 Å². The van der Waals surface area contributed by atoms with Gasteiger partial charge in [-0.3, -0.25) is 0 Å². The highest BCUT2D eigenvalue weighted by atomic mass is 19.4. The van der Waals surface area contributed by atoms with E-state index >= 15 is 0 Å². The van der Waals surface area contributed by atoms with E-state index in [-0.39, 0.29) is 5.57 Å². The minimum absolute atomic E-state index is 0.0559. The Morgan fingerprint density at radius 3 is 1.75 bits per heavy atom. The average molecular weight is 246 g/mol. The van der Waals surface area contributed by atoms with E-state index in [1.165, 1.54) is 6.92 Å². The first-order chi connectivity index (χ1) is 6.94. The average Bonchev–Trinajstić information content (AvgIpc) is 1.99. The molecule has 6 heteroatoms. The smallest absolute Gasteiger partial charge is 0.170 e. The van der Waals surface area contributed by atoms with Gasteiger partial charge >= 0.3 is 12.4 Å². The van der Waals surface area contributed by atoms with Gasteiger partial charge in [-0.15, -0.1) is 0 Å². The molecule has 0 nitrogen and oxygen atoms in total. The molecule has 0 aromatic rings. The minimum atomic E-state index is -4.50. The molecule has 0 aliphatic heterocycles. The molecule has 0 aromatic heterocycles. The highest BCUT2D eigenvalue weighted by Gasteiger charge is 2.34. The SMILES string of the molecule is CC(=C/C(C)C(F)(F)F)/C=C(\C)C(F)(F)F. The summed E-state index contributed by atoms with van der Waals surface area (Å²) < 4.78 is 72.5. The zero-order chi connectivity index (χ0) is 13.1. The topological polar surface area (TPSA) is 0 Å². The first kappa shape index (κ1) is 15.1. The molecule has 0 aromatic carbocycles. The van der Waals surface area contributed by atoms with Gasteiger partial charge in [0.15, 0.2) is 0 Å². The van der Waals surface area contributed by atoms with E-state index in [1.54, 1.807) is 0 Å². The van der Waals surface area contributed by atoms with E-state index in [0.29, 0.717) is 6.08 Å². The maximum absolute atomic E-state index is 12.1. The Labute approximate surface area is 89.6 Å². The maximum atomic E-state index is 12.1. The van der Waals surface area contributed by atoms with Crippen LogP contribution in [0.25, 0.3) is 0 Å². The lowest BCUT2D eigenvalue weighted by Gasteiger charge is -2.12. The van der Waals surface area contributed by atoms with Gasteiger partial charge in [0.2, 0.25) is 0 Å². The summed E-state index contributed by atoms with van der Waals surface area (Å²) in [6, 6.07) is 0. The van der Waals surface area contributed by atoms with Crippen molar-refractivity contribution in [2.24, 2.45) is 5.92 Å². The van der Waals surface area contributed by atoms with Gasteiger partial charge < -0.3 is 0 Å². The molecule has 0 amide bonds. The van der Waals surface area contributed by atoms with Gasteiger partial charge in [-0.25, -0.2) is 0 Å². The minimum Gasteiger partial charge on any atom is -0.170 e. The van der Waals surface area contributed by atoms with Crippen molar-refractivity contribution in [1.29, 1.82) is 0 Å². The molecule has 0 radical (unpaired) electrons. The summed E-state index contributed by atoms with van der Waals surface area (Å²) in [7, 11) is 0. The summed E-state index contributed by atoms with van der Waals surface area (Å²) in [5.41, 5.74) is -0.977. The molecule has 0 saturated heterocycles. The Morgan fingerprint density at radius 1 is 1.00 bits per heavy atom. The molecule has 0 saturated carbocycles. The third-order valence-corrected chi connectivity index (χ3v) is 1.92. The van der Waals surface area contributed by atoms with Crippen LogP contribution in [0.15, 0.2) is 23.3 Å². The van der Waals surface area contributed by atoms with Crippen LogP contribution in [0.2, 0.25) is 0 Å². The van der Waals surface area contributed by atoms with Gasteiger partial charge in [0, 0.05) is 5.57 Å². The van der Waals surface area contributed by atoms with E-state index in [0.717, 1.165) is 19.9 Å². The Morgan fingerprint density at radius 2 is 1.44 bits per heavy atom.